The molecule has 0 saturated carbocycles. The number of aldehydes is 1. The topological polar surface area (TPSA) is 107 Å². The highest BCUT2D eigenvalue weighted by molar-refractivity contribution is 6.33. The molecule has 4 rings (SSSR count). The van der Waals surface area contributed by atoms with E-state index in [1.807, 2.05) is 50.2 Å². The summed E-state index contributed by atoms with van der Waals surface area (Å²) in [6.07, 6.45) is 8.87. The van der Waals surface area contributed by atoms with Gasteiger partial charge in [-0.1, -0.05) is 11.6 Å². The molecule has 0 radical (unpaired) electrons. The van der Waals surface area contributed by atoms with Gasteiger partial charge in [0.1, 0.15) is 17.9 Å². The molecule has 1 aliphatic heterocycles. The quantitative estimate of drug-likeness (QED) is 0.266. The molecular weight excluding hydrogens is 540 g/mol. The second kappa shape index (κ2) is 13.5. The Bertz CT molecular complexity index is 1390. The number of piperidine rings is 1. The summed E-state index contributed by atoms with van der Waals surface area (Å²) in [6.45, 7) is 3.44. The van der Waals surface area contributed by atoms with Gasteiger partial charge < -0.3 is 25.3 Å². The van der Waals surface area contributed by atoms with Crippen LogP contribution in [0.3, 0.4) is 0 Å². The maximum atomic E-state index is 12.4. The van der Waals surface area contributed by atoms with Gasteiger partial charge in [0.05, 0.1) is 22.9 Å². The number of anilines is 4. The molecule has 1 aliphatic rings. The summed E-state index contributed by atoms with van der Waals surface area (Å²) in [4.78, 5) is 43.1. The molecule has 3 aromatic rings. The summed E-state index contributed by atoms with van der Waals surface area (Å²) in [6, 6.07) is 9.40. The van der Waals surface area contributed by atoms with Gasteiger partial charge in [0.25, 0.3) is 0 Å². The molecule has 216 valence electrons. The monoisotopic (exact) mass is 576 g/mol. The number of hydrogen-bond donors (Lipinski definition) is 2. The maximum absolute atomic E-state index is 12.4. The van der Waals surface area contributed by atoms with Crippen molar-refractivity contribution in [3.8, 4) is 0 Å². The van der Waals surface area contributed by atoms with E-state index in [1.54, 1.807) is 43.7 Å². The Morgan fingerprint density at radius 3 is 2.44 bits per heavy atom. The van der Waals surface area contributed by atoms with Crippen molar-refractivity contribution in [3.63, 3.8) is 0 Å². The summed E-state index contributed by atoms with van der Waals surface area (Å²) >= 11 is 6.57. The van der Waals surface area contributed by atoms with E-state index >= 15 is 0 Å². The average Bonchev–Trinajstić information content (AvgIpc) is 2.98. The van der Waals surface area contributed by atoms with E-state index in [9.17, 15) is 9.59 Å². The van der Waals surface area contributed by atoms with E-state index in [2.05, 4.69) is 30.5 Å². The van der Waals surface area contributed by atoms with Gasteiger partial charge in [0.2, 0.25) is 5.91 Å². The lowest BCUT2D eigenvalue weighted by Crippen LogP contribution is -2.40. The van der Waals surface area contributed by atoms with Crippen LogP contribution in [0.1, 0.15) is 37.2 Å². The molecule has 3 heterocycles. The Labute approximate surface area is 246 Å². The first kappa shape index (κ1) is 29.8. The molecule has 1 unspecified atom stereocenters. The summed E-state index contributed by atoms with van der Waals surface area (Å²) < 4.78 is 0. The Morgan fingerprint density at radius 1 is 1.10 bits per heavy atom. The zero-order valence-electron chi connectivity index (χ0n) is 24.1. The zero-order chi connectivity index (χ0) is 29.5. The normalized spacial score (nSPS) is 14.8. The molecule has 0 aliphatic carbocycles. The van der Waals surface area contributed by atoms with Crippen molar-refractivity contribution in [1.29, 1.82) is 0 Å². The van der Waals surface area contributed by atoms with Crippen molar-refractivity contribution >= 4 is 52.4 Å². The van der Waals surface area contributed by atoms with E-state index in [4.69, 9.17) is 11.6 Å². The SMILES string of the molecule is CC(N/C(=C/C=O)c1cc(Nc2cc(N3CCC(C(=O)N(C)C)CC3)ncc2Cl)ccc1N(C)C)c1ncccn1. The third kappa shape index (κ3) is 7.32. The Morgan fingerprint density at radius 2 is 1.80 bits per heavy atom. The number of carbonyl (C=O) groups excluding carboxylic acids is 2. The van der Waals surface area contributed by atoms with Crippen LogP contribution in [0.2, 0.25) is 5.02 Å². The van der Waals surface area contributed by atoms with Crippen molar-refractivity contribution < 1.29 is 9.59 Å². The van der Waals surface area contributed by atoms with Crippen molar-refractivity contribution in [2.75, 3.05) is 56.4 Å². The van der Waals surface area contributed by atoms with E-state index < -0.39 is 0 Å². The van der Waals surface area contributed by atoms with Crippen LogP contribution in [0.25, 0.3) is 5.70 Å². The van der Waals surface area contributed by atoms with E-state index in [0.717, 1.165) is 55.0 Å². The van der Waals surface area contributed by atoms with Crippen molar-refractivity contribution in [2.24, 2.45) is 5.92 Å². The second-order valence-corrected chi connectivity index (χ2v) is 10.9. The molecule has 1 fully saturated rings. The van der Waals surface area contributed by atoms with Crippen molar-refractivity contribution in [1.82, 2.24) is 25.2 Å². The molecule has 1 amide bonds. The minimum atomic E-state index is -0.233. The smallest absolute Gasteiger partial charge is 0.225 e. The predicted molar refractivity (Wildman–Crippen MR) is 165 cm³/mol. The molecule has 1 aromatic carbocycles. The molecule has 10 nitrogen and oxygen atoms in total. The Balaban J connectivity index is 1.58. The highest BCUT2D eigenvalue weighted by Gasteiger charge is 2.27. The molecule has 11 heteroatoms. The number of aromatic nitrogens is 3. The van der Waals surface area contributed by atoms with Crippen LogP contribution in [0, 0.1) is 5.92 Å². The van der Waals surface area contributed by atoms with Crippen LogP contribution in [0.5, 0.6) is 0 Å². The number of nitrogens with zero attached hydrogens (tertiary/aromatic N) is 6. The fourth-order valence-corrected chi connectivity index (χ4v) is 5.06. The lowest BCUT2D eigenvalue weighted by atomic mass is 9.95. The van der Waals surface area contributed by atoms with Crippen LogP contribution >= 0.6 is 11.6 Å². The molecule has 41 heavy (non-hydrogen) atoms. The van der Waals surface area contributed by atoms with Gasteiger partial charge in [0.15, 0.2) is 0 Å². The summed E-state index contributed by atoms with van der Waals surface area (Å²) in [5.41, 5.74) is 3.90. The van der Waals surface area contributed by atoms with Gasteiger partial charge in [-0.05, 0) is 44.0 Å². The number of hydrogen-bond acceptors (Lipinski definition) is 9. The lowest BCUT2D eigenvalue weighted by molar-refractivity contribution is -0.133. The van der Waals surface area contributed by atoms with Crippen LogP contribution in [0.4, 0.5) is 22.9 Å². The van der Waals surface area contributed by atoms with Gasteiger partial charge in [0, 0.05) is 94.4 Å². The Kier molecular flexibility index (Phi) is 9.78. The number of rotatable bonds is 10. The highest BCUT2D eigenvalue weighted by Crippen LogP contribution is 2.34. The third-order valence-electron chi connectivity index (χ3n) is 7.08. The third-order valence-corrected chi connectivity index (χ3v) is 7.38. The number of pyridine rings is 1. The zero-order valence-corrected chi connectivity index (χ0v) is 24.9. The van der Waals surface area contributed by atoms with E-state index in [1.165, 1.54) is 6.08 Å². The molecule has 0 bridgehead atoms. The number of carbonyl (C=O) groups is 2. The number of halogens is 1. The number of nitrogens with one attached hydrogen (secondary N) is 2. The molecular formula is C30H37ClN8O2. The minimum Gasteiger partial charge on any atom is -0.377 e. The predicted octanol–water partition coefficient (Wildman–Crippen LogP) is 4.53. The van der Waals surface area contributed by atoms with Crippen molar-refractivity contribution in [2.45, 2.75) is 25.8 Å². The second-order valence-electron chi connectivity index (χ2n) is 10.5. The first-order valence-corrected chi connectivity index (χ1v) is 13.9. The van der Waals surface area contributed by atoms with Crippen LogP contribution in [-0.4, -0.2) is 73.3 Å². The first-order valence-electron chi connectivity index (χ1n) is 13.6. The number of amides is 1. The maximum Gasteiger partial charge on any atom is 0.225 e. The molecule has 1 saturated heterocycles. The fraction of sp³-hybridized carbons (Fsp3) is 0.367. The number of allylic oxidation sites excluding steroid dienone is 1. The molecule has 1 atom stereocenters. The van der Waals surface area contributed by atoms with Crippen molar-refractivity contribution in [3.05, 3.63) is 71.4 Å². The van der Waals surface area contributed by atoms with Gasteiger partial charge in [-0.2, -0.15) is 0 Å². The Hall–Kier alpha value is -4.18. The standard InChI is InChI=1S/C30H37ClN8O2/c1-20(29-32-12-6-13-33-29)35-25(11-16-40)23-17-22(7-8-27(23)37(2)3)36-26-18-28(34-19-24(26)31)39-14-9-21(10-15-39)30(41)38(4)5/h6-8,11-13,16-21,35H,9-10,14-15H2,1-5H3,(H,34,36)/b25-11+. The minimum absolute atomic E-state index is 0.0400. The van der Waals surface area contributed by atoms with Gasteiger partial charge in [-0.3, -0.25) is 9.59 Å². The molecule has 2 aromatic heterocycles. The van der Waals surface area contributed by atoms with Crippen LogP contribution in [0.15, 0.2) is 55.0 Å². The summed E-state index contributed by atoms with van der Waals surface area (Å²) in [7, 11) is 7.51. The largest absolute Gasteiger partial charge is 0.377 e. The first-order chi connectivity index (χ1) is 19.7. The van der Waals surface area contributed by atoms with Gasteiger partial charge in [-0.25, -0.2) is 15.0 Å². The van der Waals surface area contributed by atoms with E-state index in [0.29, 0.717) is 22.2 Å². The van der Waals surface area contributed by atoms with Crippen LogP contribution in [-0.2, 0) is 9.59 Å². The average molecular weight is 577 g/mol. The highest BCUT2D eigenvalue weighted by atomic mass is 35.5. The summed E-state index contributed by atoms with van der Waals surface area (Å²) in [5.74, 6) is 1.64. The molecule has 0 spiro atoms. The van der Waals surface area contributed by atoms with Gasteiger partial charge in [-0.15, -0.1) is 0 Å². The van der Waals surface area contributed by atoms with Crippen LogP contribution < -0.4 is 20.4 Å². The lowest BCUT2D eigenvalue weighted by Gasteiger charge is -2.33. The van der Waals surface area contributed by atoms with E-state index in [-0.39, 0.29) is 17.9 Å². The number of benzene rings is 1. The van der Waals surface area contributed by atoms with Gasteiger partial charge >= 0.3 is 0 Å². The summed E-state index contributed by atoms with van der Waals surface area (Å²) in [5, 5.41) is 7.32. The fourth-order valence-electron chi connectivity index (χ4n) is 4.91. The molecule has 2 N–H and O–H groups in total.